The Morgan fingerprint density at radius 2 is 1.68 bits per heavy atom. The van der Waals surface area contributed by atoms with E-state index in [9.17, 15) is 9.59 Å². The lowest BCUT2D eigenvalue weighted by Crippen LogP contribution is -2.14. The number of ether oxygens (including phenoxy) is 1. The van der Waals surface area contributed by atoms with Gasteiger partial charge >= 0.3 is 0 Å². The molecule has 0 fully saturated rings. The molecule has 1 aromatic heterocycles. The summed E-state index contributed by atoms with van der Waals surface area (Å²) >= 11 is 6.13. The van der Waals surface area contributed by atoms with Crippen molar-refractivity contribution in [3.05, 3.63) is 89.1 Å². The van der Waals surface area contributed by atoms with Crippen LogP contribution in [0.3, 0.4) is 0 Å². The summed E-state index contributed by atoms with van der Waals surface area (Å²) in [7, 11) is 1.46. The van der Waals surface area contributed by atoms with Gasteiger partial charge in [-0.2, -0.15) is 0 Å². The Morgan fingerprint density at radius 1 is 0.935 bits per heavy atom. The maximum atomic E-state index is 12.7. The predicted molar refractivity (Wildman–Crippen MR) is 121 cm³/mol. The van der Waals surface area contributed by atoms with Gasteiger partial charge < -0.3 is 19.8 Å². The maximum Gasteiger partial charge on any atom is 0.295 e. The van der Waals surface area contributed by atoms with Crippen molar-refractivity contribution < 1.29 is 18.7 Å². The summed E-state index contributed by atoms with van der Waals surface area (Å²) in [5.74, 6) is -0.285. The van der Waals surface area contributed by atoms with Crippen molar-refractivity contribution in [1.29, 1.82) is 0 Å². The third-order valence-corrected chi connectivity index (χ3v) is 5.05. The molecule has 0 saturated carbocycles. The lowest BCUT2D eigenvalue weighted by Gasteiger charge is -2.07. The summed E-state index contributed by atoms with van der Waals surface area (Å²) in [5, 5.41) is 6.74. The Morgan fingerprint density at radius 3 is 2.42 bits per heavy atom. The van der Waals surface area contributed by atoms with Gasteiger partial charge in [-0.05, 0) is 42.0 Å². The first-order chi connectivity index (χ1) is 15.0. The number of hydrogen-bond donors (Lipinski definition) is 2. The standard InChI is InChI=1S/C24H19ClN2O4/c1-30-22-18-14-17(26-21(28)13-15-7-5-6-10-19(15)25)11-12-20(18)31-23(22)24(29)27-16-8-3-2-4-9-16/h2-12,14H,13H2,1H3,(H,26,28)(H,27,29). The number of carbonyl (C=O) groups is 2. The normalized spacial score (nSPS) is 10.6. The van der Waals surface area contributed by atoms with Crippen molar-refractivity contribution >= 4 is 45.8 Å². The van der Waals surface area contributed by atoms with E-state index in [2.05, 4.69) is 10.6 Å². The minimum Gasteiger partial charge on any atom is -0.492 e. The van der Waals surface area contributed by atoms with Crippen LogP contribution in [0.25, 0.3) is 11.0 Å². The molecule has 0 aliphatic carbocycles. The van der Waals surface area contributed by atoms with Crippen molar-refractivity contribution in [2.24, 2.45) is 0 Å². The second kappa shape index (κ2) is 8.93. The van der Waals surface area contributed by atoms with Crippen LogP contribution in [0.4, 0.5) is 11.4 Å². The van der Waals surface area contributed by atoms with E-state index in [0.717, 1.165) is 5.56 Å². The van der Waals surface area contributed by atoms with E-state index < -0.39 is 5.91 Å². The minimum atomic E-state index is -0.427. The molecule has 0 aliphatic heterocycles. The molecule has 31 heavy (non-hydrogen) atoms. The fraction of sp³-hybridized carbons (Fsp3) is 0.0833. The van der Waals surface area contributed by atoms with Crippen LogP contribution in [0.15, 0.2) is 77.2 Å². The van der Waals surface area contributed by atoms with Crippen LogP contribution in [-0.2, 0) is 11.2 Å². The summed E-state index contributed by atoms with van der Waals surface area (Å²) in [6, 6.07) is 21.4. The van der Waals surface area contributed by atoms with Gasteiger partial charge in [0, 0.05) is 16.4 Å². The van der Waals surface area contributed by atoms with E-state index in [-0.39, 0.29) is 18.1 Å². The Bertz CT molecular complexity index is 1250. The first kappa shape index (κ1) is 20.5. The third kappa shape index (κ3) is 4.54. The van der Waals surface area contributed by atoms with Crippen LogP contribution >= 0.6 is 11.6 Å². The first-order valence-corrected chi connectivity index (χ1v) is 9.93. The Balaban J connectivity index is 1.56. The van der Waals surface area contributed by atoms with Gasteiger partial charge in [-0.3, -0.25) is 9.59 Å². The molecule has 7 heteroatoms. The van der Waals surface area contributed by atoms with Gasteiger partial charge in [-0.1, -0.05) is 48.0 Å². The van der Waals surface area contributed by atoms with Gasteiger partial charge in [0.25, 0.3) is 5.91 Å². The van der Waals surface area contributed by atoms with Crippen LogP contribution in [-0.4, -0.2) is 18.9 Å². The molecule has 4 aromatic rings. The summed E-state index contributed by atoms with van der Waals surface area (Å²) in [6.45, 7) is 0. The highest BCUT2D eigenvalue weighted by Gasteiger charge is 2.22. The highest BCUT2D eigenvalue weighted by atomic mass is 35.5. The molecular formula is C24H19ClN2O4. The van der Waals surface area contributed by atoms with Crippen LogP contribution in [0.1, 0.15) is 16.1 Å². The van der Waals surface area contributed by atoms with E-state index in [1.165, 1.54) is 7.11 Å². The quantitative estimate of drug-likeness (QED) is 0.418. The Kier molecular flexibility index (Phi) is 5.91. The van der Waals surface area contributed by atoms with Crippen LogP contribution in [0.2, 0.25) is 5.02 Å². The maximum absolute atomic E-state index is 12.7. The molecule has 0 unspecified atom stereocenters. The molecule has 6 nitrogen and oxygen atoms in total. The monoisotopic (exact) mass is 434 g/mol. The van der Waals surface area contributed by atoms with Crippen LogP contribution in [0, 0.1) is 0 Å². The zero-order valence-electron chi connectivity index (χ0n) is 16.6. The molecule has 1 heterocycles. The highest BCUT2D eigenvalue weighted by Crippen LogP contribution is 2.35. The average Bonchev–Trinajstić information content (AvgIpc) is 3.14. The average molecular weight is 435 g/mol. The van der Waals surface area contributed by atoms with Crippen LogP contribution in [0.5, 0.6) is 5.75 Å². The lowest BCUT2D eigenvalue weighted by molar-refractivity contribution is -0.115. The fourth-order valence-electron chi connectivity index (χ4n) is 3.23. The summed E-state index contributed by atoms with van der Waals surface area (Å²) in [6.07, 6.45) is 0.144. The van der Waals surface area contributed by atoms with Gasteiger partial charge in [0.15, 0.2) is 5.75 Å². The molecule has 156 valence electrons. The third-order valence-electron chi connectivity index (χ3n) is 4.68. The smallest absolute Gasteiger partial charge is 0.295 e. The van der Waals surface area contributed by atoms with E-state index in [4.69, 9.17) is 20.8 Å². The topological polar surface area (TPSA) is 80.6 Å². The number of nitrogens with one attached hydrogen (secondary N) is 2. The summed E-state index contributed by atoms with van der Waals surface area (Å²) < 4.78 is 11.2. The second-order valence-corrected chi connectivity index (χ2v) is 7.22. The van der Waals surface area contributed by atoms with Crippen molar-refractivity contribution in [3.63, 3.8) is 0 Å². The lowest BCUT2D eigenvalue weighted by atomic mass is 10.1. The number of carbonyl (C=O) groups excluding carboxylic acids is 2. The Labute approximate surface area is 183 Å². The van der Waals surface area contributed by atoms with Crippen molar-refractivity contribution in [1.82, 2.24) is 0 Å². The SMILES string of the molecule is COc1c(C(=O)Nc2ccccc2)oc2ccc(NC(=O)Cc3ccccc3Cl)cc12. The zero-order chi connectivity index (χ0) is 21.8. The van der Waals surface area contributed by atoms with Gasteiger partial charge in [0.2, 0.25) is 11.7 Å². The molecular weight excluding hydrogens is 416 g/mol. The molecule has 0 aliphatic rings. The number of amides is 2. The Hall–Kier alpha value is -3.77. The van der Waals surface area contributed by atoms with E-state index in [0.29, 0.717) is 33.1 Å². The van der Waals surface area contributed by atoms with E-state index in [1.807, 2.05) is 36.4 Å². The second-order valence-electron chi connectivity index (χ2n) is 6.81. The molecule has 0 spiro atoms. The number of halogens is 1. The molecule has 0 bridgehead atoms. The number of anilines is 2. The van der Waals surface area contributed by atoms with Crippen molar-refractivity contribution in [2.75, 3.05) is 17.7 Å². The number of benzene rings is 3. The largest absolute Gasteiger partial charge is 0.492 e. The number of hydrogen-bond acceptors (Lipinski definition) is 4. The van der Waals surface area contributed by atoms with Crippen molar-refractivity contribution in [3.8, 4) is 5.75 Å². The number of rotatable bonds is 6. The summed E-state index contributed by atoms with van der Waals surface area (Å²) in [5.41, 5.74) is 2.41. The van der Waals surface area contributed by atoms with Crippen LogP contribution < -0.4 is 15.4 Å². The van der Waals surface area contributed by atoms with Crippen molar-refractivity contribution in [2.45, 2.75) is 6.42 Å². The predicted octanol–water partition coefficient (Wildman–Crippen LogP) is 5.53. The molecule has 3 aromatic carbocycles. The molecule has 0 radical (unpaired) electrons. The van der Waals surface area contributed by atoms with E-state index >= 15 is 0 Å². The number of fused-ring (bicyclic) bond motifs is 1. The number of para-hydroxylation sites is 1. The number of furan rings is 1. The molecule has 0 saturated heterocycles. The molecule has 4 rings (SSSR count). The number of methoxy groups -OCH3 is 1. The fourth-order valence-corrected chi connectivity index (χ4v) is 3.44. The zero-order valence-corrected chi connectivity index (χ0v) is 17.4. The highest BCUT2D eigenvalue weighted by molar-refractivity contribution is 6.31. The van der Waals surface area contributed by atoms with Gasteiger partial charge in [-0.15, -0.1) is 0 Å². The molecule has 0 atom stereocenters. The summed E-state index contributed by atoms with van der Waals surface area (Å²) in [4.78, 5) is 25.1. The van der Waals surface area contributed by atoms with Gasteiger partial charge in [-0.25, -0.2) is 0 Å². The molecule has 2 amide bonds. The minimum absolute atomic E-state index is 0.0564. The molecule has 2 N–H and O–H groups in total. The van der Waals surface area contributed by atoms with Gasteiger partial charge in [0.1, 0.15) is 5.58 Å². The van der Waals surface area contributed by atoms with E-state index in [1.54, 1.807) is 36.4 Å². The first-order valence-electron chi connectivity index (χ1n) is 9.55. The van der Waals surface area contributed by atoms with Gasteiger partial charge in [0.05, 0.1) is 18.9 Å².